The van der Waals surface area contributed by atoms with Crippen molar-refractivity contribution in [1.82, 2.24) is 10.3 Å². The third-order valence-corrected chi connectivity index (χ3v) is 6.43. The number of carboxylic acids is 1. The Balaban J connectivity index is 1.59. The minimum Gasteiger partial charge on any atom is -0.495 e. The molecule has 4 aromatic rings. The molecule has 0 saturated carbocycles. The Bertz CT molecular complexity index is 1410. The number of carboxylic acid groups (broad SMARTS) is 1. The van der Waals surface area contributed by atoms with Crippen molar-refractivity contribution in [2.45, 2.75) is 12.1 Å². The van der Waals surface area contributed by atoms with Gasteiger partial charge in [0, 0.05) is 17.4 Å². The monoisotopic (exact) mass is 505 g/mol. The molecule has 1 aliphatic heterocycles. The summed E-state index contributed by atoms with van der Waals surface area (Å²) >= 11 is 12.2. The summed E-state index contributed by atoms with van der Waals surface area (Å²) in [5, 5.41) is 13.7. The van der Waals surface area contributed by atoms with E-state index in [1.807, 2.05) is 47.4 Å². The van der Waals surface area contributed by atoms with E-state index in [4.69, 9.17) is 33.0 Å². The number of anilines is 1. The first-order valence-electron chi connectivity index (χ1n) is 10.7. The second-order valence-corrected chi connectivity index (χ2v) is 8.70. The molecule has 1 fully saturated rings. The van der Waals surface area contributed by atoms with Gasteiger partial charge in [-0.15, -0.1) is 0 Å². The highest BCUT2D eigenvalue weighted by Gasteiger charge is 2.42. The van der Waals surface area contributed by atoms with Gasteiger partial charge in [0.1, 0.15) is 23.3 Å². The van der Waals surface area contributed by atoms with E-state index in [2.05, 4.69) is 10.3 Å². The number of rotatable bonds is 6. The number of pyridine rings is 1. The van der Waals surface area contributed by atoms with Crippen LogP contribution in [0.3, 0.4) is 0 Å². The second kappa shape index (κ2) is 9.40. The first kappa shape index (κ1) is 22.9. The van der Waals surface area contributed by atoms with E-state index >= 15 is 0 Å². The first-order chi connectivity index (χ1) is 17.0. The van der Waals surface area contributed by atoms with Gasteiger partial charge in [0.25, 0.3) is 0 Å². The van der Waals surface area contributed by atoms with Gasteiger partial charge in [-0.3, -0.25) is 4.98 Å². The van der Waals surface area contributed by atoms with Crippen LogP contribution in [-0.4, -0.2) is 28.3 Å². The lowest BCUT2D eigenvalue weighted by Crippen LogP contribution is -2.29. The van der Waals surface area contributed by atoms with Gasteiger partial charge >= 0.3 is 5.97 Å². The highest BCUT2D eigenvalue weighted by Crippen LogP contribution is 2.44. The van der Waals surface area contributed by atoms with Crippen molar-refractivity contribution in [1.29, 1.82) is 0 Å². The molecule has 3 heterocycles. The molecule has 35 heavy (non-hydrogen) atoms. The zero-order valence-electron chi connectivity index (χ0n) is 18.5. The summed E-state index contributed by atoms with van der Waals surface area (Å²) in [7, 11) is 1.56. The van der Waals surface area contributed by atoms with Crippen LogP contribution in [0.1, 0.15) is 33.9 Å². The third kappa shape index (κ3) is 4.34. The molecule has 2 aromatic carbocycles. The predicted molar refractivity (Wildman–Crippen MR) is 137 cm³/mol. The fraction of sp³-hybridized carbons (Fsp3) is 0.115. The Labute approximate surface area is 211 Å². The molecule has 0 aliphatic carbocycles. The van der Waals surface area contributed by atoms with Crippen molar-refractivity contribution < 1.29 is 19.1 Å². The van der Waals surface area contributed by atoms with Crippen molar-refractivity contribution in [3.63, 3.8) is 0 Å². The fourth-order valence-electron chi connectivity index (χ4n) is 4.20. The van der Waals surface area contributed by atoms with Crippen LogP contribution in [-0.2, 0) is 0 Å². The Morgan fingerprint density at radius 1 is 1.14 bits per heavy atom. The molecule has 0 amide bonds. The Hall–Kier alpha value is -3.88. The van der Waals surface area contributed by atoms with E-state index in [1.165, 1.54) is 0 Å². The number of hydrogen-bond acceptors (Lipinski definition) is 5. The van der Waals surface area contributed by atoms with Gasteiger partial charge in [-0.25, -0.2) is 4.79 Å². The van der Waals surface area contributed by atoms with Crippen LogP contribution in [0, 0.1) is 0 Å². The average Bonchev–Trinajstić information content (AvgIpc) is 3.49. The molecule has 1 aliphatic rings. The smallest absolute Gasteiger partial charge is 0.335 e. The maximum absolute atomic E-state index is 11.4. The van der Waals surface area contributed by atoms with Crippen molar-refractivity contribution in [3.8, 4) is 17.1 Å². The molecule has 176 valence electrons. The van der Waals surface area contributed by atoms with Crippen LogP contribution in [0.5, 0.6) is 5.75 Å². The number of thiocarbonyl (C=S) groups is 1. The second-order valence-electron chi connectivity index (χ2n) is 7.90. The molecule has 1 saturated heterocycles. The van der Waals surface area contributed by atoms with Crippen molar-refractivity contribution in [3.05, 3.63) is 101 Å². The van der Waals surface area contributed by atoms with Crippen LogP contribution in [0.15, 0.2) is 83.4 Å². The first-order valence-corrected chi connectivity index (χ1v) is 11.5. The maximum atomic E-state index is 11.4. The van der Waals surface area contributed by atoms with Gasteiger partial charge in [-0.05, 0) is 66.8 Å². The van der Waals surface area contributed by atoms with Crippen LogP contribution in [0.25, 0.3) is 11.3 Å². The summed E-state index contributed by atoms with van der Waals surface area (Å²) in [6.45, 7) is 0. The van der Waals surface area contributed by atoms with Crippen LogP contribution < -0.4 is 15.0 Å². The number of methoxy groups -OCH3 is 1. The number of aromatic nitrogens is 1. The molecule has 9 heteroatoms. The standard InChI is InChI=1S/C26H20ClN3O4S/c1-33-21-9-8-17(14-18(21)27)30-24(23(29-26(30)35)19-7-2-3-12-28-19)22-11-10-20(34-22)15-5-4-6-16(13-15)25(31)32/h2-14,23-24H,1H3,(H,29,35)(H,31,32)/t23-,24-/m0/s1. The fourth-order valence-corrected chi connectivity index (χ4v) is 4.80. The summed E-state index contributed by atoms with van der Waals surface area (Å²) in [4.78, 5) is 17.9. The van der Waals surface area contributed by atoms with E-state index in [0.29, 0.717) is 33.0 Å². The zero-order valence-corrected chi connectivity index (χ0v) is 20.1. The Morgan fingerprint density at radius 2 is 2.00 bits per heavy atom. The van der Waals surface area contributed by atoms with E-state index in [0.717, 1.165) is 11.4 Å². The number of aromatic carboxylic acids is 1. The molecule has 7 nitrogen and oxygen atoms in total. The van der Waals surface area contributed by atoms with E-state index in [-0.39, 0.29) is 17.6 Å². The minimum absolute atomic E-state index is 0.185. The highest BCUT2D eigenvalue weighted by molar-refractivity contribution is 7.80. The van der Waals surface area contributed by atoms with Gasteiger partial charge in [0.2, 0.25) is 0 Å². The number of halogens is 1. The number of carbonyl (C=O) groups is 1. The summed E-state index contributed by atoms with van der Waals surface area (Å²) in [6.07, 6.45) is 1.73. The van der Waals surface area contributed by atoms with Crippen LogP contribution >= 0.6 is 23.8 Å². The molecular weight excluding hydrogens is 486 g/mol. The summed E-state index contributed by atoms with van der Waals surface area (Å²) in [5.41, 5.74) is 2.42. The van der Waals surface area contributed by atoms with Crippen molar-refractivity contribution >= 4 is 40.6 Å². The van der Waals surface area contributed by atoms with Gasteiger partial charge in [-0.1, -0.05) is 29.8 Å². The Morgan fingerprint density at radius 3 is 2.71 bits per heavy atom. The predicted octanol–water partition coefficient (Wildman–Crippen LogP) is 5.88. The molecule has 0 radical (unpaired) electrons. The number of nitrogens with one attached hydrogen (secondary N) is 1. The summed E-state index contributed by atoms with van der Waals surface area (Å²) in [5.74, 6) is 0.746. The van der Waals surface area contributed by atoms with Crippen LogP contribution in [0.2, 0.25) is 5.02 Å². The van der Waals surface area contributed by atoms with Gasteiger partial charge in [0.05, 0.1) is 29.4 Å². The molecule has 2 N–H and O–H groups in total. The number of nitrogens with zero attached hydrogens (tertiary/aromatic N) is 2. The normalized spacial score (nSPS) is 17.3. The highest BCUT2D eigenvalue weighted by atomic mass is 35.5. The summed E-state index contributed by atoms with van der Waals surface area (Å²) < 4.78 is 11.6. The molecular formula is C26H20ClN3O4S. The quantitative estimate of drug-likeness (QED) is 0.314. The molecule has 0 spiro atoms. The zero-order chi connectivity index (χ0) is 24.5. The number of benzene rings is 2. The number of furan rings is 1. The topological polar surface area (TPSA) is 87.8 Å². The van der Waals surface area contributed by atoms with Crippen molar-refractivity contribution in [2.75, 3.05) is 12.0 Å². The lowest BCUT2D eigenvalue weighted by Gasteiger charge is -2.26. The van der Waals surface area contributed by atoms with Crippen molar-refractivity contribution in [2.24, 2.45) is 0 Å². The number of ether oxygens (including phenoxy) is 1. The average molecular weight is 506 g/mol. The van der Waals surface area contributed by atoms with E-state index in [1.54, 1.807) is 43.6 Å². The summed E-state index contributed by atoms with van der Waals surface area (Å²) in [6, 6.07) is 20.8. The van der Waals surface area contributed by atoms with Gasteiger partial charge < -0.3 is 24.5 Å². The van der Waals surface area contributed by atoms with Gasteiger partial charge in [0.15, 0.2) is 5.11 Å². The number of hydrogen-bond donors (Lipinski definition) is 2. The molecule has 2 aromatic heterocycles. The largest absolute Gasteiger partial charge is 0.495 e. The van der Waals surface area contributed by atoms with Gasteiger partial charge in [-0.2, -0.15) is 0 Å². The third-order valence-electron chi connectivity index (χ3n) is 5.82. The Kier molecular flexibility index (Phi) is 6.15. The van der Waals surface area contributed by atoms with Crippen LogP contribution in [0.4, 0.5) is 5.69 Å². The van der Waals surface area contributed by atoms with E-state index < -0.39 is 5.97 Å². The minimum atomic E-state index is -0.998. The van der Waals surface area contributed by atoms with E-state index in [9.17, 15) is 9.90 Å². The lowest BCUT2D eigenvalue weighted by molar-refractivity contribution is 0.0697. The molecule has 0 bridgehead atoms. The molecule has 0 unspecified atom stereocenters. The molecule has 2 atom stereocenters. The maximum Gasteiger partial charge on any atom is 0.335 e. The molecule has 5 rings (SSSR count). The lowest BCUT2D eigenvalue weighted by atomic mass is 10.0. The SMILES string of the molecule is COc1ccc(N2C(=S)N[C@@H](c3ccccn3)[C@@H]2c2ccc(-c3cccc(C(=O)O)c3)o2)cc1Cl.